The highest BCUT2D eigenvalue weighted by molar-refractivity contribution is 6.30. The highest BCUT2D eigenvalue weighted by Gasteiger charge is 2.18. The number of halogens is 1. The SMILES string of the molecule is CC(C)C(CNCc1cc(Cl)ccc1[N+](=O)[O-])C(C)C. The van der Waals surface area contributed by atoms with Crippen molar-refractivity contribution in [1.29, 1.82) is 0 Å². The predicted octanol–water partition coefficient (Wildman–Crippen LogP) is 4.27. The molecule has 0 heterocycles. The molecule has 0 unspecified atom stereocenters. The number of nitro benzene ring substituents is 1. The van der Waals surface area contributed by atoms with E-state index < -0.39 is 0 Å². The van der Waals surface area contributed by atoms with Gasteiger partial charge in [0, 0.05) is 23.2 Å². The van der Waals surface area contributed by atoms with Crippen molar-refractivity contribution in [3.05, 3.63) is 38.9 Å². The van der Waals surface area contributed by atoms with Crippen molar-refractivity contribution < 1.29 is 4.92 Å². The van der Waals surface area contributed by atoms with E-state index in [1.807, 2.05) is 0 Å². The normalized spacial score (nSPS) is 11.6. The molecular weight excluding hydrogens is 276 g/mol. The summed E-state index contributed by atoms with van der Waals surface area (Å²) in [5.74, 6) is 1.71. The molecule has 1 aromatic rings. The number of rotatable bonds is 7. The van der Waals surface area contributed by atoms with E-state index in [-0.39, 0.29) is 10.6 Å². The smallest absolute Gasteiger partial charge is 0.273 e. The van der Waals surface area contributed by atoms with Gasteiger partial charge in [0.2, 0.25) is 0 Å². The van der Waals surface area contributed by atoms with Crippen LogP contribution >= 0.6 is 11.6 Å². The number of nitrogens with one attached hydrogen (secondary N) is 1. The van der Waals surface area contributed by atoms with E-state index in [2.05, 4.69) is 33.0 Å². The number of nitrogens with zero attached hydrogens (tertiary/aromatic N) is 1. The average Bonchev–Trinajstić information content (AvgIpc) is 2.33. The largest absolute Gasteiger partial charge is 0.312 e. The summed E-state index contributed by atoms with van der Waals surface area (Å²) in [5, 5.41) is 14.8. The van der Waals surface area contributed by atoms with Crippen molar-refractivity contribution in [3.8, 4) is 0 Å². The Hall–Kier alpha value is -1.13. The second-order valence-electron chi connectivity index (χ2n) is 5.81. The van der Waals surface area contributed by atoms with Crippen LogP contribution < -0.4 is 5.32 Å². The fourth-order valence-corrected chi connectivity index (χ4v) is 2.68. The van der Waals surface area contributed by atoms with Gasteiger partial charge in [0.15, 0.2) is 0 Å². The van der Waals surface area contributed by atoms with Gasteiger partial charge < -0.3 is 5.32 Å². The second-order valence-corrected chi connectivity index (χ2v) is 6.25. The summed E-state index contributed by atoms with van der Waals surface area (Å²) in [5.41, 5.74) is 0.751. The van der Waals surface area contributed by atoms with Crippen LogP contribution in [0.25, 0.3) is 0 Å². The van der Waals surface area contributed by atoms with Gasteiger partial charge in [0.1, 0.15) is 0 Å². The van der Waals surface area contributed by atoms with Crippen LogP contribution in [0.2, 0.25) is 5.02 Å². The van der Waals surface area contributed by atoms with Gasteiger partial charge in [-0.25, -0.2) is 0 Å². The first-order chi connectivity index (χ1) is 9.32. The van der Waals surface area contributed by atoms with Gasteiger partial charge in [-0.05, 0) is 36.4 Å². The lowest BCUT2D eigenvalue weighted by Crippen LogP contribution is -2.29. The molecule has 0 bridgehead atoms. The van der Waals surface area contributed by atoms with Gasteiger partial charge in [-0.15, -0.1) is 0 Å². The quantitative estimate of drug-likeness (QED) is 0.604. The first-order valence-corrected chi connectivity index (χ1v) is 7.34. The maximum Gasteiger partial charge on any atom is 0.273 e. The van der Waals surface area contributed by atoms with Crippen molar-refractivity contribution in [1.82, 2.24) is 5.32 Å². The second kappa shape index (κ2) is 7.60. The molecule has 1 rings (SSSR count). The van der Waals surface area contributed by atoms with Crippen LogP contribution in [0.1, 0.15) is 33.3 Å². The summed E-state index contributed by atoms with van der Waals surface area (Å²) in [6.45, 7) is 10.1. The third-order valence-corrected chi connectivity index (χ3v) is 3.88. The Morgan fingerprint density at radius 2 is 1.85 bits per heavy atom. The Kier molecular flexibility index (Phi) is 6.43. The molecule has 0 aliphatic rings. The molecule has 112 valence electrons. The monoisotopic (exact) mass is 298 g/mol. The predicted molar refractivity (Wildman–Crippen MR) is 83.0 cm³/mol. The van der Waals surface area contributed by atoms with Crippen LogP contribution in [-0.2, 0) is 6.54 Å². The first-order valence-electron chi connectivity index (χ1n) is 6.96. The van der Waals surface area contributed by atoms with E-state index >= 15 is 0 Å². The fraction of sp³-hybridized carbons (Fsp3) is 0.600. The summed E-state index contributed by atoms with van der Waals surface area (Å²) >= 11 is 5.91. The lowest BCUT2D eigenvalue weighted by Gasteiger charge is -2.25. The van der Waals surface area contributed by atoms with Gasteiger partial charge in [-0.1, -0.05) is 39.3 Å². The molecule has 1 N–H and O–H groups in total. The highest BCUT2D eigenvalue weighted by Crippen LogP contribution is 2.23. The summed E-state index contributed by atoms with van der Waals surface area (Å²) in [7, 11) is 0. The number of nitro groups is 1. The molecule has 0 fully saturated rings. The van der Waals surface area contributed by atoms with Crippen molar-refractivity contribution in [3.63, 3.8) is 0 Å². The molecule has 0 saturated carbocycles. The lowest BCUT2D eigenvalue weighted by molar-refractivity contribution is -0.385. The van der Waals surface area contributed by atoms with Crippen LogP contribution in [0.4, 0.5) is 5.69 Å². The van der Waals surface area contributed by atoms with Gasteiger partial charge in [0.05, 0.1) is 4.92 Å². The third kappa shape index (κ3) is 4.76. The van der Waals surface area contributed by atoms with Gasteiger partial charge in [-0.2, -0.15) is 0 Å². The topological polar surface area (TPSA) is 55.2 Å². The van der Waals surface area contributed by atoms with Crippen LogP contribution in [0.3, 0.4) is 0 Å². The van der Waals surface area contributed by atoms with E-state index in [9.17, 15) is 10.1 Å². The minimum Gasteiger partial charge on any atom is -0.312 e. The zero-order valence-electron chi connectivity index (χ0n) is 12.5. The van der Waals surface area contributed by atoms with Crippen LogP contribution in [-0.4, -0.2) is 11.5 Å². The van der Waals surface area contributed by atoms with E-state index in [0.29, 0.717) is 34.9 Å². The summed E-state index contributed by atoms with van der Waals surface area (Å²) in [6, 6.07) is 4.67. The third-order valence-electron chi connectivity index (χ3n) is 3.65. The van der Waals surface area contributed by atoms with E-state index in [4.69, 9.17) is 11.6 Å². The molecule has 4 nitrogen and oxygen atoms in total. The first kappa shape index (κ1) is 16.9. The number of benzene rings is 1. The molecule has 1 aromatic carbocycles. The zero-order chi connectivity index (χ0) is 15.3. The standard InChI is InChI=1S/C15H23ClN2O2/c1-10(2)14(11(3)4)9-17-8-12-7-13(16)5-6-15(12)18(19)20/h5-7,10-11,14,17H,8-9H2,1-4H3. The molecule has 0 aliphatic carbocycles. The minimum atomic E-state index is -0.365. The molecule has 0 atom stereocenters. The van der Waals surface area contributed by atoms with E-state index in [0.717, 1.165) is 6.54 Å². The lowest BCUT2D eigenvalue weighted by atomic mass is 9.85. The van der Waals surface area contributed by atoms with Crippen molar-refractivity contribution in [2.75, 3.05) is 6.54 Å². The Bertz CT molecular complexity index is 453. The fourth-order valence-electron chi connectivity index (χ4n) is 2.49. The minimum absolute atomic E-state index is 0.118. The molecule has 0 aliphatic heterocycles. The molecule has 0 saturated heterocycles. The number of hydrogen-bond donors (Lipinski definition) is 1. The Balaban J connectivity index is 2.70. The van der Waals surface area contributed by atoms with E-state index in [1.165, 1.54) is 6.07 Å². The molecule has 0 spiro atoms. The summed E-state index contributed by atoms with van der Waals surface area (Å²) in [6.07, 6.45) is 0. The molecule has 5 heteroatoms. The van der Waals surface area contributed by atoms with Crippen molar-refractivity contribution in [2.24, 2.45) is 17.8 Å². The van der Waals surface area contributed by atoms with Gasteiger partial charge >= 0.3 is 0 Å². The maximum absolute atomic E-state index is 11.0. The summed E-state index contributed by atoms with van der Waals surface area (Å²) < 4.78 is 0. The number of hydrogen-bond acceptors (Lipinski definition) is 3. The molecular formula is C15H23ClN2O2. The maximum atomic E-state index is 11.0. The van der Waals surface area contributed by atoms with Crippen LogP contribution in [0.15, 0.2) is 18.2 Å². The van der Waals surface area contributed by atoms with Gasteiger partial charge in [-0.3, -0.25) is 10.1 Å². The van der Waals surface area contributed by atoms with Crippen molar-refractivity contribution >= 4 is 17.3 Å². The van der Waals surface area contributed by atoms with Crippen LogP contribution in [0.5, 0.6) is 0 Å². The molecule has 0 amide bonds. The van der Waals surface area contributed by atoms with Crippen LogP contribution in [0, 0.1) is 27.9 Å². The molecule has 0 aromatic heterocycles. The Labute approximate surface area is 125 Å². The summed E-state index contributed by atoms with van der Waals surface area (Å²) in [4.78, 5) is 10.6. The van der Waals surface area contributed by atoms with E-state index in [1.54, 1.807) is 12.1 Å². The Morgan fingerprint density at radius 1 is 1.25 bits per heavy atom. The zero-order valence-corrected chi connectivity index (χ0v) is 13.3. The Morgan fingerprint density at radius 3 is 2.35 bits per heavy atom. The highest BCUT2D eigenvalue weighted by atomic mass is 35.5. The van der Waals surface area contributed by atoms with Gasteiger partial charge in [0.25, 0.3) is 5.69 Å². The average molecular weight is 299 g/mol. The molecule has 0 radical (unpaired) electrons. The molecule has 20 heavy (non-hydrogen) atoms. The van der Waals surface area contributed by atoms with Crippen molar-refractivity contribution in [2.45, 2.75) is 34.2 Å².